The Kier molecular flexibility index (Phi) is 4.88. The molecule has 2 heterocycles. The number of aromatic nitrogens is 2. The number of benzene rings is 1. The standard InChI is InChI=1S/C19H23N3O4S/c1-13-3-5-14(6-4-13)9-10-27(23,24)22-12-16(25-2)11-17(22)19-20-18(21-26-19)15-7-8-15/h3-6,9-10,15-17H,7-8,11-12H2,1-2H3/b10-9+/t16-,17+/m0/s1. The minimum Gasteiger partial charge on any atom is -0.380 e. The summed E-state index contributed by atoms with van der Waals surface area (Å²) in [7, 11) is -2.07. The Bertz CT molecular complexity index is 932. The maximum Gasteiger partial charge on any atom is 0.245 e. The highest BCUT2D eigenvalue weighted by Gasteiger charge is 2.43. The fraction of sp³-hybridized carbons (Fsp3) is 0.474. The van der Waals surface area contributed by atoms with Gasteiger partial charge in [-0.05, 0) is 31.4 Å². The molecule has 0 radical (unpaired) electrons. The van der Waals surface area contributed by atoms with Crippen LogP contribution in [0.2, 0.25) is 0 Å². The number of rotatable bonds is 6. The first-order valence-electron chi connectivity index (χ1n) is 9.09. The van der Waals surface area contributed by atoms with Crippen LogP contribution in [0.4, 0.5) is 0 Å². The summed E-state index contributed by atoms with van der Waals surface area (Å²) < 4.78 is 38.1. The second-order valence-corrected chi connectivity index (χ2v) is 8.97. The highest BCUT2D eigenvalue weighted by Crippen LogP contribution is 2.40. The van der Waals surface area contributed by atoms with E-state index in [1.54, 1.807) is 13.2 Å². The van der Waals surface area contributed by atoms with Gasteiger partial charge in [-0.2, -0.15) is 9.29 Å². The minimum absolute atomic E-state index is 0.200. The van der Waals surface area contributed by atoms with Crippen LogP contribution in [0.1, 0.15) is 54.1 Å². The Morgan fingerprint density at radius 3 is 2.67 bits per heavy atom. The molecule has 0 N–H and O–H groups in total. The van der Waals surface area contributed by atoms with Crippen molar-refractivity contribution in [2.24, 2.45) is 0 Å². The molecule has 1 saturated heterocycles. The predicted molar refractivity (Wildman–Crippen MR) is 100 cm³/mol. The topological polar surface area (TPSA) is 85.5 Å². The molecule has 27 heavy (non-hydrogen) atoms. The van der Waals surface area contributed by atoms with Crippen LogP contribution in [-0.2, 0) is 14.8 Å². The maximum atomic E-state index is 13.0. The Balaban J connectivity index is 1.58. The zero-order valence-electron chi connectivity index (χ0n) is 15.4. The molecule has 1 saturated carbocycles. The van der Waals surface area contributed by atoms with E-state index in [0.717, 1.165) is 24.0 Å². The van der Waals surface area contributed by atoms with Crippen LogP contribution in [0.15, 0.2) is 34.2 Å². The lowest BCUT2D eigenvalue weighted by Gasteiger charge is -2.18. The third kappa shape index (κ3) is 3.97. The van der Waals surface area contributed by atoms with Gasteiger partial charge >= 0.3 is 0 Å². The third-order valence-electron chi connectivity index (χ3n) is 5.07. The molecule has 1 aliphatic carbocycles. The number of aryl methyl sites for hydroxylation is 1. The molecular weight excluding hydrogens is 366 g/mol. The lowest BCUT2D eigenvalue weighted by Crippen LogP contribution is -2.30. The third-order valence-corrected chi connectivity index (χ3v) is 6.61. The molecule has 1 aliphatic heterocycles. The van der Waals surface area contributed by atoms with Crippen LogP contribution in [0.5, 0.6) is 0 Å². The summed E-state index contributed by atoms with van der Waals surface area (Å²) in [6.07, 6.45) is 4.03. The van der Waals surface area contributed by atoms with Crippen molar-refractivity contribution in [1.82, 2.24) is 14.4 Å². The maximum absolute atomic E-state index is 13.0. The molecule has 0 spiro atoms. The van der Waals surface area contributed by atoms with Crippen LogP contribution in [0.25, 0.3) is 6.08 Å². The molecule has 144 valence electrons. The van der Waals surface area contributed by atoms with E-state index in [0.29, 0.717) is 24.1 Å². The SMILES string of the molecule is CO[C@H]1C[C@H](c2nc(C3CC3)no2)N(S(=O)(=O)/C=C/c2ccc(C)cc2)C1. The molecule has 0 unspecified atom stereocenters. The zero-order valence-corrected chi connectivity index (χ0v) is 16.2. The molecule has 4 rings (SSSR count). The molecule has 0 amide bonds. The number of nitrogens with zero attached hydrogens (tertiary/aromatic N) is 3. The summed E-state index contributed by atoms with van der Waals surface area (Å²) in [5, 5.41) is 5.26. The molecule has 1 aromatic heterocycles. The Labute approximate surface area is 159 Å². The van der Waals surface area contributed by atoms with Gasteiger partial charge in [0.05, 0.1) is 6.10 Å². The Morgan fingerprint density at radius 2 is 2.00 bits per heavy atom. The van der Waals surface area contributed by atoms with Gasteiger partial charge < -0.3 is 9.26 Å². The quantitative estimate of drug-likeness (QED) is 0.755. The van der Waals surface area contributed by atoms with Crippen molar-refractivity contribution >= 4 is 16.1 Å². The predicted octanol–water partition coefficient (Wildman–Crippen LogP) is 3.02. The van der Waals surface area contributed by atoms with Gasteiger partial charge in [0.25, 0.3) is 0 Å². The summed E-state index contributed by atoms with van der Waals surface area (Å²) in [6, 6.07) is 7.18. The summed E-state index contributed by atoms with van der Waals surface area (Å²) in [4.78, 5) is 4.45. The number of hydrogen-bond donors (Lipinski definition) is 0. The minimum atomic E-state index is -3.66. The highest BCUT2D eigenvalue weighted by atomic mass is 32.2. The molecule has 2 aromatic rings. The number of methoxy groups -OCH3 is 1. The van der Waals surface area contributed by atoms with Crippen molar-refractivity contribution in [3.63, 3.8) is 0 Å². The van der Waals surface area contributed by atoms with Gasteiger partial charge in [0, 0.05) is 31.4 Å². The summed E-state index contributed by atoms with van der Waals surface area (Å²) in [5.41, 5.74) is 1.96. The van der Waals surface area contributed by atoms with Gasteiger partial charge in [0.1, 0.15) is 6.04 Å². The first kappa shape index (κ1) is 18.3. The van der Waals surface area contributed by atoms with Crippen LogP contribution in [0.3, 0.4) is 0 Å². The molecule has 8 heteroatoms. The second-order valence-electron chi connectivity index (χ2n) is 7.20. The average molecular weight is 389 g/mol. The number of sulfonamides is 1. The van der Waals surface area contributed by atoms with Gasteiger partial charge in [-0.3, -0.25) is 0 Å². The largest absolute Gasteiger partial charge is 0.380 e. The van der Waals surface area contributed by atoms with E-state index in [-0.39, 0.29) is 12.6 Å². The lowest BCUT2D eigenvalue weighted by atomic mass is 10.2. The average Bonchev–Trinajstić information content (AvgIpc) is 3.22. The first-order valence-corrected chi connectivity index (χ1v) is 10.6. The van der Waals surface area contributed by atoms with Crippen molar-refractivity contribution in [3.05, 3.63) is 52.5 Å². The van der Waals surface area contributed by atoms with Gasteiger partial charge in [-0.1, -0.05) is 35.0 Å². The van der Waals surface area contributed by atoms with Crippen molar-refractivity contribution in [1.29, 1.82) is 0 Å². The van der Waals surface area contributed by atoms with Crippen LogP contribution in [0, 0.1) is 6.92 Å². The smallest absolute Gasteiger partial charge is 0.245 e. The van der Waals surface area contributed by atoms with Gasteiger partial charge in [-0.25, -0.2) is 8.42 Å². The van der Waals surface area contributed by atoms with Crippen molar-refractivity contribution < 1.29 is 17.7 Å². The molecule has 0 bridgehead atoms. The lowest BCUT2D eigenvalue weighted by molar-refractivity contribution is 0.114. The fourth-order valence-corrected chi connectivity index (χ4v) is 4.65. The highest BCUT2D eigenvalue weighted by molar-refractivity contribution is 7.92. The van der Waals surface area contributed by atoms with E-state index in [1.165, 1.54) is 9.71 Å². The van der Waals surface area contributed by atoms with E-state index >= 15 is 0 Å². The first-order chi connectivity index (χ1) is 13.0. The summed E-state index contributed by atoms with van der Waals surface area (Å²) >= 11 is 0. The van der Waals surface area contributed by atoms with Crippen LogP contribution < -0.4 is 0 Å². The fourth-order valence-electron chi connectivity index (χ4n) is 3.26. The molecule has 2 atom stereocenters. The summed E-state index contributed by atoms with van der Waals surface area (Å²) in [6.45, 7) is 2.26. The molecular formula is C19H23N3O4S. The van der Waals surface area contributed by atoms with Crippen molar-refractivity contribution in [2.75, 3.05) is 13.7 Å². The normalized spacial score (nSPS) is 24.1. The number of ether oxygens (including phenoxy) is 1. The molecule has 1 aromatic carbocycles. The Morgan fingerprint density at radius 1 is 1.26 bits per heavy atom. The van der Waals surface area contributed by atoms with Crippen molar-refractivity contribution in [2.45, 2.75) is 44.2 Å². The zero-order chi connectivity index (χ0) is 19.0. The molecule has 2 fully saturated rings. The van der Waals surface area contributed by atoms with Crippen LogP contribution in [-0.4, -0.2) is 42.6 Å². The van der Waals surface area contributed by atoms with Crippen molar-refractivity contribution in [3.8, 4) is 0 Å². The molecule has 7 nitrogen and oxygen atoms in total. The van der Waals surface area contributed by atoms with E-state index in [2.05, 4.69) is 10.1 Å². The van der Waals surface area contributed by atoms with Gasteiger partial charge in [-0.15, -0.1) is 0 Å². The van der Waals surface area contributed by atoms with Gasteiger partial charge in [0.2, 0.25) is 15.9 Å². The van der Waals surface area contributed by atoms with Crippen LogP contribution >= 0.6 is 0 Å². The Hall–Kier alpha value is -2.03. The number of hydrogen-bond acceptors (Lipinski definition) is 6. The van der Waals surface area contributed by atoms with E-state index in [1.807, 2.05) is 31.2 Å². The molecule has 2 aliphatic rings. The second kappa shape index (κ2) is 7.18. The van der Waals surface area contributed by atoms with E-state index < -0.39 is 16.1 Å². The van der Waals surface area contributed by atoms with Gasteiger partial charge in [0.15, 0.2) is 5.82 Å². The van der Waals surface area contributed by atoms with E-state index in [9.17, 15) is 8.42 Å². The summed E-state index contributed by atoms with van der Waals surface area (Å²) in [5.74, 6) is 1.38. The monoisotopic (exact) mass is 389 g/mol. The van der Waals surface area contributed by atoms with E-state index in [4.69, 9.17) is 9.26 Å².